The maximum Gasteiger partial charge on any atom is 0.335 e. The first-order valence-electron chi connectivity index (χ1n) is 21.7. The molecule has 4 aliphatic rings. The third-order valence-electron chi connectivity index (χ3n) is 13.2. The molecule has 0 radical (unpaired) electrons. The molecule has 344 valence electrons. The largest absolute Gasteiger partial charge is 0.478 e. The normalized spacial score (nSPS) is 23.1. The number of hydrogen-bond acceptors (Lipinski definition) is 12. The van der Waals surface area contributed by atoms with E-state index in [2.05, 4.69) is 47.9 Å². The summed E-state index contributed by atoms with van der Waals surface area (Å²) in [6.45, 7) is 16.9. The van der Waals surface area contributed by atoms with Crippen LogP contribution in [0.5, 0.6) is 0 Å². The summed E-state index contributed by atoms with van der Waals surface area (Å²) in [5.74, 6) is 1.48. The Kier molecular flexibility index (Phi) is 12.4. The molecule has 14 nitrogen and oxygen atoms in total. The van der Waals surface area contributed by atoms with Gasteiger partial charge in [0.05, 0.1) is 40.0 Å². The average molecular weight is 934 g/mol. The Hall–Kier alpha value is -4.58. The van der Waals surface area contributed by atoms with Gasteiger partial charge in [-0.3, -0.25) is 9.59 Å². The number of nitrogens with zero attached hydrogens (tertiary/aromatic N) is 2. The second-order valence-corrected chi connectivity index (χ2v) is 25.8. The highest BCUT2D eigenvalue weighted by atomic mass is 32.2. The lowest BCUT2D eigenvalue weighted by Crippen LogP contribution is -2.39. The Morgan fingerprint density at radius 2 is 1.27 bits per heavy atom. The number of nitrogens with one attached hydrogen (secondary N) is 2. The van der Waals surface area contributed by atoms with Crippen LogP contribution in [-0.2, 0) is 36.9 Å². The monoisotopic (exact) mass is 933 g/mol. The fourth-order valence-corrected chi connectivity index (χ4v) is 14.8. The van der Waals surface area contributed by atoms with Crippen LogP contribution >= 0.6 is 12.2 Å². The van der Waals surface area contributed by atoms with Gasteiger partial charge in [0.25, 0.3) is 0 Å². The quantitative estimate of drug-likeness (QED) is 0.113. The standard InChI is InChI=1S/C23H27N3O4S.C17H19NO3.C7H13NO2S2/c1-22(2)12-23(3,4)20(27)19-18(22)15-10-14(5-6-16(15)24-19)21-26-25-17(30-21)9-13-7-8-31(28,29)11-13;1-16(2)8-17(3,4)14(19)13-12(16)10-7-9(15(20)21)5-6-11(10)18-13;8-4-7(11)3-6-1-2-12(9,10)5-6/h5-6,10,13,24H,7-9,11-12H2,1-4H3;5-7,18H,8H2,1-4H3,(H,20,21);6H,1-5,8H2. The van der Waals surface area contributed by atoms with Gasteiger partial charge in [-0.15, -0.1) is 10.2 Å². The number of rotatable bonds is 7. The third-order valence-corrected chi connectivity index (χ3v) is 17.2. The lowest BCUT2D eigenvalue weighted by atomic mass is 9.63. The zero-order valence-electron chi connectivity index (χ0n) is 37.8. The molecule has 2 aliphatic heterocycles. The summed E-state index contributed by atoms with van der Waals surface area (Å²) in [6, 6.07) is 10.8. The third kappa shape index (κ3) is 9.54. The van der Waals surface area contributed by atoms with Gasteiger partial charge >= 0.3 is 5.97 Å². The number of carbonyl (C=O) groups excluding carboxylic acids is 2. The van der Waals surface area contributed by atoms with E-state index in [4.69, 9.17) is 22.4 Å². The van der Waals surface area contributed by atoms with Gasteiger partial charge in [0, 0.05) is 56.0 Å². The SMILES string of the molecule is CC1(C)CC(C)(C)c2c([nH]c3ccc(-c4nnc(CC5CCS(=O)(=O)C5)o4)cc23)C1=O.CC1(C)CC(C)(C)c2c([nH]c3ccc(C(=O)O)cc23)C1=O.NCC(=S)CC1CCS(=O)(=O)C1. The molecule has 0 spiro atoms. The fraction of sp³-hybridized carbons (Fsp3) is 0.532. The predicted octanol–water partition coefficient (Wildman–Crippen LogP) is 7.98. The molecule has 2 saturated heterocycles. The van der Waals surface area contributed by atoms with Crippen LogP contribution in [0.1, 0.15) is 136 Å². The number of fused-ring (bicyclic) bond motifs is 6. The van der Waals surface area contributed by atoms with E-state index in [0.29, 0.717) is 60.5 Å². The van der Waals surface area contributed by atoms with Crippen LogP contribution in [0, 0.1) is 22.7 Å². The summed E-state index contributed by atoms with van der Waals surface area (Å²) < 4.78 is 51.3. The minimum atomic E-state index is -2.93. The molecule has 2 unspecified atom stereocenters. The van der Waals surface area contributed by atoms with Gasteiger partial charge in [0.1, 0.15) is 0 Å². The molecule has 2 fully saturated rings. The number of benzene rings is 2. The van der Waals surface area contributed by atoms with Crippen molar-refractivity contribution in [2.75, 3.05) is 29.6 Å². The first-order valence-corrected chi connectivity index (χ1v) is 25.8. The molecule has 0 amide bonds. The molecular formula is C47H59N5O9S3. The van der Waals surface area contributed by atoms with Crippen molar-refractivity contribution >= 4 is 76.1 Å². The Labute approximate surface area is 379 Å². The van der Waals surface area contributed by atoms with E-state index in [1.54, 1.807) is 18.2 Å². The van der Waals surface area contributed by atoms with Gasteiger partial charge in [0.15, 0.2) is 31.2 Å². The lowest BCUT2D eigenvalue weighted by molar-refractivity contribution is 0.0695. The van der Waals surface area contributed by atoms with Crippen molar-refractivity contribution in [1.82, 2.24) is 20.2 Å². The number of aromatic nitrogens is 4. The molecule has 5 aromatic rings. The summed E-state index contributed by atoms with van der Waals surface area (Å²) in [5.41, 5.74) is 10.3. The van der Waals surface area contributed by atoms with E-state index >= 15 is 0 Å². The molecule has 9 rings (SSSR count). The molecule has 2 atom stereocenters. The Bertz CT molecular complexity index is 2940. The second-order valence-electron chi connectivity index (χ2n) is 20.8. The number of aromatic amines is 2. The molecule has 5 heterocycles. The van der Waals surface area contributed by atoms with Crippen LogP contribution < -0.4 is 5.73 Å². The number of sulfone groups is 2. The second kappa shape index (κ2) is 16.7. The van der Waals surface area contributed by atoms with E-state index in [1.807, 2.05) is 45.9 Å². The molecular weight excluding hydrogens is 875 g/mol. The molecule has 0 bridgehead atoms. The van der Waals surface area contributed by atoms with Crippen LogP contribution in [-0.4, -0.2) is 94.1 Å². The Balaban J connectivity index is 0.000000160. The minimum absolute atomic E-state index is 0.0349. The van der Waals surface area contributed by atoms with Gasteiger partial charge in [-0.05, 0) is 102 Å². The number of carboxylic acid groups (broad SMARTS) is 1. The van der Waals surface area contributed by atoms with Crippen molar-refractivity contribution in [3.05, 3.63) is 70.4 Å². The Morgan fingerprint density at radius 1 is 0.766 bits per heavy atom. The summed E-state index contributed by atoms with van der Waals surface area (Å²) in [4.78, 5) is 44.2. The number of hydrogen-bond donors (Lipinski definition) is 4. The number of ketones is 2. The van der Waals surface area contributed by atoms with Gasteiger partial charge < -0.3 is 25.2 Å². The van der Waals surface area contributed by atoms with E-state index in [0.717, 1.165) is 62.6 Å². The topological polar surface area (TPSA) is 236 Å². The first kappa shape index (κ1) is 47.4. The number of carboxylic acids is 1. The van der Waals surface area contributed by atoms with Crippen molar-refractivity contribution in [1.29, 1.82) is 0 Å². The molecule has 0 saturated carbocycles. The van der Waals surface area contributed by atoms with E-state index in [-0.39, 0.29) is 51.3 Å². The summed E-state index contributed by atoms with van der Waals surface area (Å²) in [6.07, 6.45) is 4.09. The number of aromatic carboxylic acids is 1. The van der Waals surface area contributed by atoms with Gasteiger partial charge in [-0.25, -0.2) is 21.6 Å². The van der Waals surface area contributed by atoms with Gasteiger partial charge in [-0.1, -0.05) is 67.6 Å². The average Bonchev–Trinajstić information content (AvgIpc) is 4.02. The maximum absolute atomic E-state index is 13.0. The molecule has 64 heavy (non-hydrogen) atoms. The molecule has 5 N–H and O–H groups in total. The highest BCUT2D eigenvalue weighted by Gasteiger charge is 2.47. The lowest BCUT2D eigenvalue weighted by Gasteiger charge is -2.39. The van der Waals surface area contributed by atoms with E-state index in [1.165, 1.54) is 0 Å². The highest BCUT2D eigenvalue weighted by molar-refractivity contribution is 7.91. The predicted molar refractivity (Wildman–Crippen MR) is 252 cm³/mol. The van der Waals surface area contributed by atoms with Gasteiger partial charge in [-0.2, -0.15) is 0 Å². The van der Waals surface area contributed by atoms with Crippen LogP contribution in [0.25, 0.3) is 33.3 Å². The molecule has 17 heteroatoms. The molecule has 2 aliphatic carbocycles. The van der Waals surface area contributed by atoms with E-state index in [9.17, 15) is 36.3 Å². The van der Waals surface area contributed by atoms with Crippen LogP contribution in [0.3, 0.4) is 0 Å². The summed E-state index contributed by atoms with van der Waals surface area (Å²) in [5, 5.41) is 19.4. The maximum atomic E-state index is 13.0. The van der Waals surface area contributed by atoms with Crippen molar-refractivity contribution < 1.29 is 40.7 Å². The van der Waals surface area contributed by atoms with Crippen molar-refractivity contribution in [3.63, 3.8) is 0 Å². The number of Topliss-reactive ketones (excluding diaryl/α,β-unsaturated/α-hetero) is 2. The Morgan fingerprint density at radius 3 is 1.75 bits per heavy atom. The smallest absolute Gasteiger partial charge is 0.335 e. The minimum Gasteiger partial charge on any atom is -0.478 e. The number of nitrogens with two attached hydrogens (primary N) is 1. The number of thiocarbonyl (C=S) groups is 1. The number of carbonyl (C=O) groups is 3. The van der Waals surface area contributed by atoms with Gasteiger partial charge in [0.2, 0.25) is 11.8 Å². The van der Waals surface area contributed by atoms with Crippen LogP contribution in [0.4, 0.5) is 0 Å². The first-order chi connectivity index (χ1) is 29.6. The zero-order chi connectivity index (χ0) is 46.9. The summed E-state index contributed by atoms with van der Waals surface area (Å²) >= 11 is 4.95. The van der Waals surface area contributed by atoms with Crippen LogP contribution in [0.2, 0.25) is 0 Å². The zero-order valence-corrected chi connectivity index (χ0v) is 40.3. The van der Waals surface area contributed by atoms with Crippen LogP contribution in [0.15, 0.2) is 40.8 Å². The van der Waals surface area contributed by atoms with E-state index < -0.39 is 36.5 Å². The number of H-pyrrole nitrogens is 2. The summed E-state index contributed by atoms with van der Waals surface area (Å²) in [7, 11) is -5.68. The van der Waals surface area contributed by atoms with Crippen molar-refractivity contribution in [3.8, 4) is 11.5 Å². The highest BCUT2D eigenvalue weighted by Crippen LogP contribution is 2.50. The van der Waals surface area contributed by atoms with Crippen molar-refractivity contribution in [2.45, 2.75) is 105 Å². The van der Waals surface area contributed by atoms with Crippen molar-refractivity contribution in [2.24, 2.45) is 28.4 Å². The molecule has 2 aromatic carbocycles. The fourth-order valence-electron chi connectivity index (χ4n) is 10.8. The molecule has 3 aromatic heterocycles.